The van der Waals surface area contributed by atoms with Crippen LogP contribution < -0.4 is 0 Å². The van der Waals surface area contributed by atoms with Gasteiger partial charge in [-0.15, -0.1) is 0 Å². The van der Waals surface area contributed by atoms with E-state index in [0.29, 0.717) is 0 Å². The van der Waals surface area contributed by atoms with E-state index in [1.165, 1.54) is 69.3 Å². The van der Waals surface area contributed by atoms with Crippen molar-refractivity contribution in [2.45, 2.75) is 68.3 Å². The molecule has 15 heavy (non-hydrogen) atoms. The number of thioether (sulfide) groups is 2. The van der Waals surface area contributed by atoms with Crippen LogP contribution in [0.5, 0.6) is 0 Å². The topological polar surface area (TPSA) is 0 Å². The maximum atomic E-state index is 2.27. The highest BCUT2D eigenvalue weighted by Gasteiger charge is 2.19. The molecule has 2 saturated heterocycles. The van der Waals surface area contributed by atoms with Crippen LogP contribution in [-0.4, -0.2) is 22.0 Å². The van der Waals surface area contributed by atoms with Crippen LogP contribution in [0.1, 0.15) is 57.8 Å². The van der Waals surface area contributed by atoms with Crippen LogP contribution in [0.2, 0.25) is 0 Å². The van der Waals surface area contributed by atoms with Gasteiger partial charge in [-0.3, -0.25) is 0 Å². The van der Waals surface area contributed by atoms with E-state index in [-0.39, 0.29) is 0 Å². The monoisotopic (exact) mass is 244 g/mol. The van der Waals surface area contributed by atoms with E-state index in [9.17, 15) is 0 Å². The van der Waals surface area contributed by atoms with Gasteiger partial charge >= 0.3 is 0 Å². The molecule has 2 atom stereocenters. The molecule has 0 nitrogen and oxygen atoms in total. The van der Waals surface area contributed by atoms with Crippen molar-refractivity contribution in [2.75, 3.05) is 11.5 Å². The SMILES string of the molecule is C1CCSC(CC2CCCCCS2)CC1. The van der Waals surface area contributed by atoms with Crippen molar-refractivity contribution in [1.29, 1.82) is 0 Å². The first-order chi connectivity index (χ1) is 7.45. The average molecular weight is 244 g/mol. The van der Waals surface area contributed by atoms with Crippen LogP contribution in [0, 0.1) is 0 Å². The van der Waals surface area contributed by atoms with Crippen molar-refractivity contribution >= 4 is 23.5 Å². The molecule has 2 heteroatoms. The molecule has 88 valence electrons. The van der Waals surface area contributed by atoms with Crippen molar-refractivity contribution in [3.8, 4) is 0 Å². The van der Waals surface area contributed by atoms with Crippen molar-refractivity contribution < 1.29 is 0 Å². The normalized spacial score (nSPS) is 34.4. The van der Waals surface area contributed by atoms with Gasteiger partial charge in [0.2, 0.25) is 0 Å². The third-order valence-electron chi connectivity index (χ3n) is 3.57. The summed E-state index contributed by atoms with van der Waals surface area (Å²) in [6.45, 7) is 0. The first kappa shape index (κ1) is 12.2. The fourth-order valence-corrected chi connectivity index (χ4v) is 5.57. The molecular weight excluding hydrogens is 220 g/mol. The van der Waals surface area contributed by atoms with Gasteiger partial charge in [0, 0.05) is 10.5 Å². The predicted molar refractivity (Wildman–Crippen MR) is 74.0 cm³/mol. The van der Waals surface area contributed by atoms with Gasteiger partial charge in [-0.05, 0) is 43.6 Å². The van der Waals surface area contributed by atoms with Gasteiger partial charge in [-0.2, -0.15) is 23.5 Å². The van der Waals surface area contributed by atoms with Gasteiger partial charge in [0.15, 0.2) is 0 Å². The molecule has 0 amide bonds. The maximum absolute atomic E-state index is 2.27. The minimum atomic E-state index is 1.00. The van der Waals surface area contributed by atoms with Crippen LogP contribution in [-0.2, 0) is 0 Å². The summed E-state index contributed by atoms with van der Waals surface area (Å²) >= 11 is 4.54. The lowest BCUT2D eigenvalue weighted by Gasteiger charge is -2.20. The molecule has 2 aliphatic heterocycles. The Morgan fingerprint density at radius 2 is 1.20 bits per heavy atom. The van der Waals surface area contributed by atoms with Gasteiger partial charge in [-0.25, -0.2) is 0 Å². The molecule has 0 aromatic heterocycles. The quantitative estimate of drug-likeness (QED) is 0.689. The van der Waals surface area contributed by atoms with Crippen LogP contribution in [0.3, 0.4) is 0 Å². The molecule has 0 bridgehead atoms. The van der Waals surface area contributed by atoms with Gasteiger partial charge in [0.1, 0.15) is 0 Å². The number of hydrogen-bond acceptors (Lipinski definition) is 2. The van der Waals surface area contributed by atoms with Crippen LogP contribution in [0.15, 0.2) is 0 Å². The predicted octanol–water partition coefficient (Wildman–Crippen LogP) is 4.73. The highest BCUT2D eigenvalue weighted by atomic mass is 32.2. The Kier molecular flexibility index (Phi) is 5.77. The standard InChI is InChI=1S/C13H24S2/c1-3-7-12(14-9-5-1)11-13-8-4-2-6-10-15-13/h12-13H,1-11H2. The summed E-state index contributed by atoms with van der Waals surface area (Å²) in [6, 6.07) is 0. The highest BCUT2D eigenvalue weighted by Crippen LogP contribution is 2.34. The molecule has 0 N–H and O–H groups in total. The van der Waals surface area contributed by atoms with E-state index in [1.54, 1.807) is 0 Å². The van der Waals surface area contributed by atoms with E-state index in [2.05, 4.69) is 23.5 Å². The molecule has 0 aromatic carbocycles. The number of rotatable bonds is 2. The zero-order chi connectivity index (χ0) is 10.3. The van der Waals surface area contributed by atoms with Gasteiger partial charge in [-0.1, -0.05) is 25.7 Å². The van der Waals surface area contributed by atoms with Crippen LogP contribution in [0.25, 0.3) is 0 Å². The second-order valence-electron chi connectivity index (χ2n) is 4.92. The third-order valence-corrected chi connectivity index (χ3v) is 6.42. The minimum Gasteiger partial charge on any atom is -0.159 e. The Labute approximate surface area is 103 Å². The van der Waals surface area contributed by atoms with E-state index in [1.807, 2.05) is 0 Å². The van der Waals surface area contributed by atoms with Crippen molar-refractivity contribution in [2.24, 2.45) is 0 Å². The average Bonchev–Trinajstić information content (AvgIpc) is 2.63. The van der Waals surface area contributed by atoms with E-state index in [0.717, 1.165) is 10.5 Å². The zero-order valence-corrected chi connectivity index (χ0v) is 11.4. The van der Waals surface area contributed by atoms with E-state index in [4.69, 9.17) is 0 Å². The molecule has 0 aromatic rings. The van der Waals surface area contributed by atoms with Gasteiger partial charge < -0.3 is 0 Å². The molecule has 0 radical (unpaired) electrons. The smallest absolute Gasteiger partial charge is 0.00575 e. The maximum Gasteiger partial charge on any atom is 0.00575 e. The van der Waals surface area contributed by atoms with Crippen LogP contribution >= 0.6 is 23.5 Å². The summed E-state index contributed by atoms with van der Waals surface area (Å²) in [5.41, 5.74) is 0. The largest absolute Gasteiger partial charge is 0.159 e. The third kappa shape index (κ3) is 4.60. The molecule has 0 aliphatic carbocycles. The molecule has 2 rings (SSSR count). The summed E-state index contributed by atoms with van der Waals surface area (Å²) in [5.74, 6) is 2.87. The summed E-state index contributed by atoms with van der Waals surface area (Å²) in [5, 5.41) is 2.01. The molecule has 2 unspecified atom stereocenters. The number of hydrogen-bond donors (Lipinski definition) is 0. The molecule has 0 saturated carbocycles. The fourth-order valence-electron chi connectivity index (χ4n) is 2.63. The Balaban J connectivity index is 1.73. The molecule has 0 spiro atoms. The van der Waals surface area contributed by atoms with Crippen molar-refractivity contribution in [3.63, 3.8) is 0 Å². The van der Waals surface area contributed by atoms with E-state index >= 15 is 0 Å². The van der Waals surface area contributed by atoms with Crippen molar-refractivity contribution in [3.05, 3.63) is 0 Å². The lowest BCUT2D eigenvalue weighted by Crippen LogP contribution is -2.12. The summed E-state index contributed by atoms with van der Waals surface area (Å²) in [4.78, 5) is 0. The molecular formula is C13H24S2. The summed E-state index contributed by atoms with van der Waals surface area (Å²) in [6.07, 6.45) is 13.4. The first-order valence-electron chi connectivity index (χ1n) is 6.68. The minimum absolute atomic E-state index is 1.00. The second kappa shape index (κ2) is 7.11. The zero-order valence-electron chi connectivity index (χ0n) is 9.75. The molecule has 2 heterocycles. The fraction of sp³-hybridized carbons (Fsp3) is 1.00. The lowest BCUT2D eigenvalue weighted by atomic mass is 10.1. The Morgan fingerprint density at radius 3 is 1.73 bits per heavy atom. The van der Waals surface area contributed by atoms with Gasteiger partial charge in [0.25, 0.3) is 0 Å². The lowest BCUT2D eigenvalue weighted by molar-refractivity contribution is 0.592. The van der Waals surface area contributed by atoms with Crippen LogP contribution in [0.4, 0.5) is 0 Å². The Hall–Kier alpha value is 0.700. The highest BCUT2D eigenvalue weighted by molar-refractivity contribution is 8.00. The second-order valence-corrected chi connectivity index (χ2v) is 7.74. The Bertz CT molecular complexity index is 136. The summed E-state index contributed by atoms with van der Waals surface area (Å²) < 4.78 is 0. The van der Waals surface area contributed by atoms with E-state index < -0.39 is 0 Å². The van der Waals surface area contributed by atoms with Gasteiger partial charge in [0.05, 0.1) is 0 Å². The van der Waals surface area contributed by atoms with Crippen molar-refractivity contribution in [1.82, 2.24) is 0 Å². The summed E-state index contributed by atoms with van der Waals surface area (Å²) in [7, 11) is 0. The molecule has 2 aliphatic rings. The Morgan fingerprint density at radius 1 is 0.667 bits per heavy atom. The first-order valence-corrected chi connectivity index (χ1v) is 8.78. The molecule has 2 fully saturated rings.